The summed E-state index contributed by atoms with van der Waals surface area (Å²) in [6.45, 7) is 4.54. The summed E-state index contributed by atoms with van der Waals surface area (Å²) in [6, 6.07) is 11.7. The molecule has 0 aromatic heterocycles. The van der Waals surface area contributed by atoms with E-state index in [4.69, 9.17) is 0 Å². The summed E-state index contributed by atoms with van der Waals surface area (Å²) in [5.74, 6) is 1.75. The number of hydrogen-bond donors (Lipinski definition) is 0. The Labute approximate surface area is 162 Å². The molecule has 0 N–H and O–H groups in total. The van der Waals surface area contributed by atoms with Crippen LogP contribution in [0.2, 0.25) is 0 Å². The van der Waals surface area contributed by atoms with E-state index in [1.54, 1.807) is 0 Å². The topological polar surface area (TPSA) is 23.8 Å². The molecule has 1 atom stereocenters. The van der Waals surface area contributed by atoms with Crippen molar-refractivity contribution < 1.29 is 0 Å². The van der Waals surface area contributed by atoms with Crippen LogP contribution in [0.15, 0.2) is 24.3 Å². The number of nitrogens with zero attached hydrogens (tertiary/aromatic N) is 1. The Morgan fingerprint density at radius 2 is 1.50 bits per heavy atom. The fourth-order valence-corrected chi connectivity index (χ4v) is 4.56. The van der Waals surface area contributed by atoms with Gasteiger partial charge in [-0.3, -0.25) is 0 Å². The van der Waals surface area contributed by atoms with Gasteiger partial charge < -0.3 is 0 Å². The molecule has 1 aromatic carbocycles. The first-order valence-electron chi connectivity index (χ1n) is 11.2. The van der Waals surface area contributed by atoms with Gasteiger partial charge in [-0.05, 0) is 55.1 Å². The average Bonchev–Trinajstić information content (AvgIpc) is 2.68. The summed E-state index contributed by atoms with van der Waals surface area (Å²) in [4.78, 5) is 0. The monoisotopic (exact) mass is 353 g/mol. The Bertz CT molecular complexity index is 516. The van der Waals surface area contributed by atoms with Crippen molar-refractivity contribution in [2.45, 2.75) is 97.3 Å². The molecule has 26 heavy (non-hydrogen) atoms. The predicted molar refractivity (Wildman–Crippen MR) is 112 cm³/mol. The van der Waals surface area contributed by atoms with Crippen LogP contribution in [0.5, 0.6) is 0 Å². The van der Waals surface area contributed by atoms with Gasteiger partial charge >= 0.3 is 0 Å². The van der Waals surface area contributed by atoms with Crippen LogP contribution in [0.25, 0.3) is 0 Å². The Kier molecular flexibility index (Phi) is 9.83. The summed E-state index contributed by atoms with van der Waals surface area (Å²) in [7, 11) is 0. The molecule has 144 valence electrons. The zero-order valence-corrected chi connectivity index (χ0v) is 17.2. The Morgan fingerprint density at radius 3 is 2.12 bits per heavy atom. The summed E-state index contributed by atoms with van der Waals surface area (Å²) in [6.07, 6.45) is 16.8. The first-order chi connectivity index (χ1) is 12.8. The van der Waals surface area contributed by atoms with Crippen molar-refractivity contribution in [1.82, 2.24) is 0 Å². The van der Waals surface area contributed by atoms with E-state index < -0.39 is 0 Å². The van der Waals surface area contributed by atoms with Crippen LogP contribution in [-0.4, -0.2) is 0 Å². The standard InChI is InChI=1S/C25H39N/c1-3-5-7-9-21-11-13-23(14-12-21)19-25(20-26)24-17-15-22(16-18-24)10-8-6-4-2/h11-14,22,24-25H,3-10,15-19H2,1-2H3/t22-,24-,25?. The third kappa shape index (κ3) is 7.14. The van der Waals surface area contributed by atoms with Crippen molar-refractivity contribution in [3.8, 4) is 6.07 Å². The van der Waals surface area contributed by atoms with Gasteiger partial charge in [0.05, 0.1) is 12.0 Å². The lowest BCUT2D eigenvalue weighted by Gasteiger charge is -2.31. The molecule has 2 rings (SSSR count). The molecule has 0 spiro atoms. The SMILES string of the molecule is CCCCCc1ccc(CC(C#N)[C@H]2CC[C@H](CCCCC)CC2)cc1. The molecule has 0 bridgehead atoms. The molecule has 0 radical (unpaired) electrons. The van der Waals surface area contributed by atoms with Gasteiger partial charge in [0, 0.05) is 0 Å². The van der Waals surface area contributed by atoms with Crippen molar-refractivity contribution in [3.63, 3.8) is 0 Å². The Morgan fingerprint density at radius 1 is 0.885 bits per heavy atom. The van der Waals surface area contributed by atoms with Crippen molar-refractivity contribution >= 4 is 0 Å². The van der Waals surface area contributed by atoms with Crippen LogP contribution in [0.3, 0.4) is 0 Å². The van der Waals surface area contributed by atoms with Gasteiger partial charge in [-0.15, -0.1) is 0 Å². The molecule has 1 aliphatic rings. The van der Waals surface area contributed by atoms with Gasteiger partial charge in [0.25, 0.3) is 0 Å². The van der Waals surface area contributed by atoms with Crippen molar-refractivity contribution in [1.29, 1.82) is 5.26 Å². The molecule has 1 aliphatic carbocycles. The minimum absolute atomic E-state index is 0.206. The minimum atomic E-state index is 0.206. The first kappa shape index (κ1) is 21.0. The molecule has 1 nitrogen and oxygen atoms in total. The number of nitriles is 1. The molecule has 0 heterocycles. The number of benzene rings is 1. The number of rotatable bonds is 11. The number of unbranched alkanes of at least 4 members (excludes halogenated alkanes) is 4. The van der Waals surface area contributed by atoms with E-state index in [0.717, 1.165) is 12.3 Å². The third-order valence-electron chi connectivity index (χ3n) is 6.39. The molecular formula is C25H39N. The maximum absolute atomic E-state index is 9.73. The van der Waals surface area contributed by atoms with E-state index in [1.807, 2.05) is 0 Å². The van der Waals surface area contributed by atoms with Crippen molar-refractivity contribution in [3.05, 3.63) is 35.4 Å². The maximum atomic E-state index is 9.73. The summed E-state index contributed by atoms with van der Waals surface area (Å²) in [5.41, 5.74) is 2.80. The highest BCUT2D eigenvalue weighted by molar-refractivity contribution is 5.24. The van der Waals surface area contributed by atoms with Crippen molar-refractivity contribution in [2.75, 3.05) is 0 Å². The van der Waals surface area contributed by atoms with Crippen LogP contribution in [0.4, 0.5) is 0 Å². The molecule has 1 unspecified atom stereocenters. The molecule has 1 aromatic rings. The van der Waals surface area contributed by atoms with E-state index >= 15 is 0 Å². The molecule has 0 saturated heterocycles. The fraction of sp³-hybridized carbons (Fsp3) is 0.720. The van der Waals surface area contributed by atoms with E-state index in [0.29, 0.717) is 5.92 Å². The smallest absolute Gasteiger partial charge is 0.0662 e. The van der Waals surface area contributed by atoms with Crippen LogP contribution in [-0.2, 0) is 12.8 Å². The van der Waals surface area contributed by atoms with E-state index in [2.05, 4.69) is 44.2 Å². The van der Waals surface area contributed by atoms with E-state index in [9.17, 15) is 5.26 Å². The highest BCUT2D eigenvalue weighted by atomic mass is 14.4. The number of aryl methyl sites for hydroxylation is 1. The Hall–Kier alpha value is -1.29. The lowest BCUT2D eigenvalue weighted by molar-refractivity contribution is 0.221. The molecular weight excluding hydrogens is 314 g/mol. The quantitative estimate of drug-likeness (QED) is 0.378. The molecule has 1 fully saturated rings. The van der Waals surface area contributed by atoms with Gasteiger partial charge in [-0.25, -0.2) is 0 Å². The highest BCUT2D eigenvalue weighted by Gasteiger charge is 2.27. The van der Waals surface area contributed by atoms with Gasteiger partial charge in [0.1, 0.15) is 0 Å². The summed E-state index contributed by atoms with van der Waals surface area (Å²) < 4.78 is 0. The minimum Gasteiger partial charge on any atom is -0.198 e. The number of hydrogen-bond acceptors (Lipinski definition) is 1. The van der Waals surface area contributed by atoms with Gasteiger partial charge in [0.2, 0.25) is 0 Å². The zero-order chi connectivity index (χ0) is 18.6. The third-order valence-corrected chi connectivity index (χ3v) is 6.39. The van der Waals surface area contributed by atoms with Gasteiger partial charge in [0.15, 0.2) is 0 Å². The predicted octanol–water partition coefficient (Wildman–Crippen LogP) is 7.49. The van der Waals surface area contributed by atoms with Crippen LogP contribution < -0.4 is 0 Å². The molecule has 0 amide bonds. The lowest BCUT2D eigenvalue weighted by Crippen LogP contribution is -2.22. The van der Waals surface area contributed by atoms with Crippen LogP contribution in [0, 0.1) is 29.1 Å². The van der Waals surface area contributed by atoms with Crippen molar-refractivity contribution in [2.24, 2.45) is 17.8 Å². The van der Waals surface area contributed by atoms with Gasteiger partial charge in [-0.1, -0.05) is 89.5 Å². The Balaban J connectivity index is 1.78. The largest absolute Gasteiger partial charge is 0.198 e. The van der Waals surface area contributed by atoms with E-state index in [-0.39, 0.29) is 5.92 Å². The second-order valence-electron chi connectivity index (χ2n) is 8.49. The molecule has 0 aliphatic heterocycles. The van der Waals surface area contributed by atoms with Crippen LogP contribution >= 0.6 is 0 Å². The summed E-state index contributed by atoms with van der Waals surface area (Å²) >= 11 is 0. The maximum Gasteiger partial charge on any atom is 0.0662 e. The second kappa shape index (κ2) is 12.2. The van der Waals surface area contributed by atoms with Crippen LogP contribution in [0.1, 0.15) is 95.6 Å². The fourth-order valence-electron chi connectivity index (χ4n) is 4.56. The highest BCUT2D eigenvalue weighted by Crippen LogP contribution is 2.36. The van der Waals surface area contributed by atoms with Gasteiger partial charge in [-0.2, -0.15) is 5.26 Å². The summed E-state index contributed by atoms with van der Waals surface area (Å²) in [5, 5.41) is 9.73. The normalized spacial score (nSPS) is 21.3. The second-order valence-corrected chi connectivity index (χ2v) is 8.49. The lowest BCUT2D eigenvalue weighted by atomic mass is 9.73. The zero-order valence-electron chi connectivity index (χ0n) is 17.2. The first-order valence-corrected chi connectivity index (χ1v) is 11.2. The van der Waals surface area contributed by atoms with E-state index in [1.165, 1.54) is 88.2 Å². The molecule has 1 heteroatoms. The average molecular weight is 354 g/mol. The molecule has 1 saturated carbocycles.